The van der Waals surface area contributed by atoms with E-state index in [0.29, 0.717) is 5.84 Å². The van der Waals surface area contributed by atoms with E-state index < -0.39 is 23.7 Å². The van der Waals surface area contributed by atoms with E-state index in [1.807, 2.05) is 0 Å². The second-order valence-corrected chi connectivity index (χ2v) is 4.85. The fourth-order valence-corrected chi connectivity index (χ4v) is 2.21. The standard InChI is InChI=1S/C16H12FN3O2/c1-10-14(16(22)20-8-3-2-7-13(20)18-10)19-15(21)11-5-4-6-12(17)9-11/h2-10H,1H3. The first-order valence-corrected chi connectivity index (χ1v) is 6.71. The van der Waals surface area contributed by atoms with Crippen LogP contribution in [0.2, 0.25) is 0 Å². The summed E-state index contributed by atoms with van der Waals surface area (Å²) >= 11 is 0. The number of allylic oxidation sites excluding steroid dienone is 2. The van der Waals surface area contributed by atoms with Crippen molar-refractivity contribution in [3.63, 3.8) is 0 Å². The molecule has 2 aliphatic rings. The molecular weight excluding hydrogens is 285 g/mol. The fourth-order valence-electron chi connectivity index (χ4n) is 2.21. The minimum Gasteiger partial charge on any atom is -0.267 e. The molecule has 3 rings (SSSR count). The average Bonchev–Trinajstić information content (AvgIpc) is 2.51. The smallest absolute Gasteiger partial charge is 0.267 e. The number of benzene rings is 1. The predicted octanol–water partition coefficient (Wildman–Crippen LogP) is 2.12. The largest absolute Gasteiger partial charge is 0.280 e. The van der Waals surface area contributed by atoms with E-state index in [4.69, 9.17) is 0 Å². The third-order valence-corrected chi connectivity index (χ3v) is 3.29. The summed E-state index contributed by atoms with van der Waals surface area (Å²) in [6.07, 6.45) is 6.74. The zero-order valence-corrected chi connectivity index (χ0v) is 11.7. The maximum atomic E-state index is 13.2. The molecule has 0 saturated heterocycles. The molecule has 2 heterocycles. The molecular formula is C16H12FN3O2. The molecule has 0 radical (unpaired) electrons. The Hall–Kier alpha value is -2.89. The maximum absolute atomic E-state index is 13.2. The van der Waals surface area contributed by atoms with Crippen LogP contribution in [-0.2, 0) is 4.79 Å². The van der Waals surface area contributed by atoms with Crippen LogP contribution in [0, 0.1) is 5.82 Å². The third-order valence-electron chi connectivity index (χ3n) is 3.29. The molecule has 0 N–H and O–H groups in total. The van der Waals surface area contributed by atoms with Crippen molar-refractivity contribution in [2.75, 3.05) is 0 Å². The maximum Gasteiger partial charge on any atom is 0.280 e. The number of amidine groups is 1. The lowest BCUT2D eigenvalue weighted by atomic mass is 10.1. The van der Waals surface area contributed by atoms with Crippen LogP contribution in [0.3, 0.4) is 0 Å². The SMILES string of the molecule is CC1N=C2C=CC=CN2C(=O)C1=NC(=O)c1cccc(F)c1. The molecule has 1 aromatic carbocycles. The molecule has 1 unspecified atom stereocenters. The minimum absolute atomic E-state index is 0.0398. The number of amides is 2. The molecule has 6 heteroatoms. The van der Waals surface area contributed by atoms with E-state index in [1.54, 1.807) is 31.4 Å². The van der Waals surface area contributed by atoms with E-state index in [0.717, 1.165) is 6.07 Å². The first-order chi connectivity index (χ1) is 10.6. The Labute approximate surface area is 126 Å². The highest BCUT2D eigenvalue weighted by molar-refractivity contribution is 6.47. The van der Waals surface area contributed by atoms with Gasteiger partial charge >= 0.3 is 0 Å². The summed E-state index contributed by atoms with van der Waals surface area (Å²) in [5.74, 6) is -1.08. The molecule has 5 nitrogen and oxygen atoms in total. The molecule has 0 aromatic heterocycles. The number of rotatable bonds is 1. The molecule has 0 fully saturated rings. The first-order valence-electron chi connectivity index (χ1n) is 6.71. The molecule has 2 amide bonds. The van der Waals surface area contributed by atoms with Crippen molar-refractivity contribution in [2.45, 2.75) is 13.0 Å². The predicted molar refractivity (Wildman–Crippen MR) is 80.2 cm³/mol. The van der Waals surface area contributed by atoms with Gasteiger partial charge in [0.15, 0.2) is 0 Å². The zero-order valence-electron chi connectivity index (χ0n) is 11.7. The molecule has 110 valence electrons. The van der Waals surface area contributed by atoms with Gasteiger partial charge in [0, 0.05) is 11.8 Å². The highest BCUT2D eigenvalue weighted by Gasteiger charge is 2.32. The van der Waals surface area contributed by atoms with Crippen LogP contribution in [0.5, 0.6) is 0 Å². The van der Waals surface area contributed by atoms with Crippen LogP contribution in [0.15, 0.2) is 58.7 Å². The normalized spacial score (nSPS) is 21.8. The van der Waals surface area contributed by atoms with Gasteiger partial charge in [-0.25, -0.2) is 9.38 Å². The van der Waals surface area contributed by atoms with Gasteiger partial charge in [-0.15, -0.1) is 0 Å². The van der Waals surface area contributed by atoms with Gasteiger partial charge in [-0.3, -0.25) is 19.5 Å². The van der Waals surface area contributed by atoms with Crippen molar-refractivity contribution >= 4 is 23.4 Å². The Morgan fingerprint density at radius 2 is 2.18 bits per heavy atom. The summed E-state index contributed by atoms with van der Waals surface area (Å²) < 4.78 is 13.2. The van der Waals surface area contributed by atoms with Gasteiger partial charge in [-0.2, -0.15) is 0 Å². The molecule has 22 heavy (non-hydrogen) atoms. The van der Waals surface area contributed by atoms with Gasteiger partial charge in [0.05, 0.1) is 6.04 Å². The Morgan fingerprint density at radius 3 is 2.95 bits per heavy atom. The quantitative estimate of drug-likeness (QED) is 0.797. The monoisotopic (exact) mass is 297 g/mol. The minimum atomic E-state index is -0.662. The number of aliphatic imine (C=N–C) groups is 2. The van der Waals surface area contributed by atoms with Gasteiger partial charge < -0.3 is 0 Å². The highest BCUT2D eigenvalue weighted by Crippen LogP contribution is 2.15. The summed E-state index contributed by atoms with van der Waals surface area (Å²) in [7, 11) is 0. The van der Waals surface area contributed by atoms with Crippen molar-refractivity contribution in [1.29, 1.82) is 0 Å². The van der Waals surface area contributed by atoms with E-state index >= 15 is 0 Å². The third kappa shape index (κ3) is 2.50. The number of fused-ring (bicyclic) bond motifs is 1. The van der Waals surface area contributed by atoms with Gasteiger partial charge in [0.2, 0.25) is 0 Å². The van der Waals surface area contributed by atoms with Crippen LogP contribution in [0.25, 0.3) is 0 Å². The summed E-state index contributed by atoms with van der Waals surface area (Å²) in [5, 5.41) is 0. The highest BCUT2D eigenvalue weighted by atomic mass is 19.1. The Morgan fingerprint density at radius 1 is 1.36 bits per heavy atom. The van der Waals surface area contributed by atoms with E-state index in [1.165, 1.54) is 23.1 Å². The molecule has 0 aliphatic carbocycles. The summed E-state index contributed by atoms with van der Waals surface area (Å²) in [6, 6.07) is 4.66. The first kappa shape index (κ1) is 14.1. The lowest BCUT2D eigenvalue weighted by molar-refractivity contribution is -0.119. The zero-order chi connectivity index (χ0) is 15.7. The average molecular weight is 297 g/mol. The van der Waals surface area contributed by atoms with Crippen molar-refractivity contribution in [3.05, 3.63) is 60.1 Å². The fraction of sp³-hybridized carbons (Fsp3) is 0.125. The van der Waals surface area contributed by atoms with Gasteiger partial charge in [-0.05, 0) is 37.3 Å². The van der Waals surface area contributed by atoms with Gasteiger partial charge in [0.25, 0.3) is 11.8 Å². The number of hydrogen-bond acceptors (Lipinski definition) is 3. The van der Waals surface area contributed by atoms with E-state index in [2.05, 4.69) is 9.98 Å². The summed E-state index contributed by atoms with van der Waals surface area (Å²) in [5.41, 5.74) is 0.134. The second kappa shape index (κ2) is 5.48. The topological polar surface area (TPSA) is 62.1 Å². The lowest BCUT2D eigenvalue weighted by Crippen LogP contribution is -2.46. The Balaban J connectivity index is 1.95. The molecule has 0 spiro atoms. The van der Waals surface area contributed by atoms with Crippen LogP contribution >= 0.6 is 0 Å². The molecule has 1 atom stereocenters. The van der Waals surface area contributed by atoms with Crippen molar-refractivity contribution in [2.24, 2.45) is 9.98 Å². The molecule has 1 aromatic rings. The van der Waals surface area contributed by atoms with Crippen molar-refractivity contribution < 1.29 is 14.0 Å². The number of hydrogen-bond donors (Lipinski definition) is 0. The molecule has 2 aliphatic heterocycles. The van der Waals surface area contributed by atoms with Gasteiger partial charge in [-0.1, -0.05) is 12.1 Å². The number of carbonyl (C=O) groups excluding carboxylic acids is 2. The van der Waals surface area contributed by atoms with E-state index in [-0.39, 0.29) is 11.3 Å². The number of halogens is 1. The van der Waals surface area contributed by atoms with E-state index in [9.17, 15) is 14.0 Å². The van der Waals surface area contributed by atoms with Crippen LogP contribution in [0.4, 0.5) is 4.39 Å². The lowest BCUT2D eigenvalue weighted by Gasteiger charge is -2.27. The molecule has 0 saturated carbocycles. The summed E-state index contributed by atoms with van der Waals surface area (Å²) in [6.45, 7) is 1.69. The second-order valence-electron chi connectivity index (χ2n) is 4.85. The van der Waals surface area contributed by atoms with Gasteiger partial charge in [0.1, 0.15) is 17.4 Å². The number of carbonyl (C=O) groups is 2. The van der Waals surface area contributed by atoms with Crippen molar-refractivity contribution in [1.82, 2.24) is 4.90 Å². The van der Waals surface area contributed by atoms with Crippen LogP contribution in [-0.4, -0.2) is 34.3 Å². The Bertz CT molecular complexity index is 777. The van der Waals surface area contributed by atoms with Crippen LogP contribution in [0.1, 0.15) is 17.3 Å². The number of nitrogens with zero attached hydrogens (tertiary/aromatic N) is 3. The van der Waals surface area contributed by atoms with Crippen molar-refractivity contribution in [3.8, 4) is 0 Å². The summed E-state index contributed by atoms with van der Waals surface area (Å²) in [4.78, 5) is 34.0. The Kier molecular flexibility index (Phi) is 3.50. The van der Waals surface area contributed by atoms with Crippen LogP contribution < -0.4 is 0 Å². The molecule has 0 bridgehead atoms.